The molecule has 0 amide bonds. The van der Waals surface area contributed by atoms with Crippen LogP contribution in [0.3, 0.4) is 0 Å². The summed E-state index contributed by atoms with van der Waals surface area (Å²) >= 11 is 0. The summed E-state index contributed by atoms with van der Waals surface area (Å²) in [5.41, 5.74) is -1.26. The molecule has 0 bridgehead atoms. The molecule has 0 radical (unpaired) electrons. The average Bonchev–Trinajstić information content (AvgIpc) is 2.50. The minimum atomic E-state index is -4.48. The highest BCUT2D eigenvalue weighted by molar-refractivity contribution is 7.92. The van der Waals surface area contributed by atoms with Crippen LogP contribution in [0.25, 0.3) is 0 Å². The largest absolute Gasteiger partial charge is 0.246 e. The summed E-state index contributed by atoms with van der Waals surface area (Å²) in [7, 11) is -7.82. The van der Waals surface area contributed by atoms with Crippen LogP contribution in [-0.2, 0) is 19.9 Å². The molecule has 0 saturated carbocycles. The molecule has 0 unspecified atom stereocenters. The molecule has 5 nitrogen and oxygen atoms in total. The summed E-state index contributed by atoms with van der Waals surface area (Å²) in [6, 6.07) is 2.70. The van der Waals surface area contributed by atoms with Crippen LogP contribution >= 0.6 is 0 Å². The number of hydrogen-bond acceptors (Lipinski definition) is 4. The van der Waals surface area contributed by atoms with Gasteiger partial charge in [-0.25, -0.2) is 30.3 Å². The smallest absolute Gasteiger partial charge is 0.229 e. The Hall–Kier alpha value is -1.06. The summed E-state index contributed by atoms with van der Waals surface area (Å²) in [6.07, 6.45) is 0.0602. The normalized spacial score (nSPS) is 25.8. The molecule has 1 heterocycles. The van der Waals surface area contributed by atoms with Crippen LogP contribution in [0, 0.1) is 11.6 Å². The fourth-order valence-corrected chi connectivity index (χ4v) is 5.96. The highest BCUT2D eigenvalue weighted by Gasteiger charge is 2.42. The van der Waals surface area contributed by atoms with E-state index < -0.39 is 47.7 Å². The number of rotatable bonds is 3. The van der Waals surface area contributed by atoms with E-state index >= 15 is 0 Å². The molecule has 0 aromatic heterocycles. The van der Waals surface area contributed by atoms with Gasteiger partial charge in [0.05, 0.1) is 11.5 Å². The van der Waals surface area contributed by atoms with E-state index in [2.05, 4.69) is 4.72 Å². The van der Waals surface area contributed by atoms with Gasteiger partial charge >= 0.3 is 0 Å². The van der Waals surface area contributed by atoms with E-state index in [0.29, 0.717) is 0 Å². The van der Waals surface area contributed by atoms with Gasteiger partial charge in [-0.15, -0.1) is 0 Å². The quantitative estimate of drug-likeness (QED) is 0.892. The molecule has 0 aliphatic carbocycles. The van der Waals surface area contributed by atoms with Crippen LogP contribution in [0.5, 0.6) is 0 Å². The second kappa shape index (κ2) is 4.74. The SMILES string of the molecule is C[C@]1(NS(=O)(=O)c2c(F)cccc2F)CCS(=O)(=O)C1. The van der Waals surface area contributed by atoms with Crippen LogP contribution in [-0.4, -0.2) is 33.9 Å². The van der Waals surface area contributed by atoms with Crippen molar-refractivity contribution < 1.29 is 25.6 Å². The first-order chi connectivity index (χ1) is 9.05. The van der Waals surface area contributed by atoms with E-state index in [0.717, 1.165) is 18.2 Å². The lowest BCUT2D eigenvalue weighted by atomic mass is 10.0. The zero-order valence-electron chi connectivity index (χ0n) is 10.6. The van der Waals surface area contributed by atoms with Crippen LogP contribution < -0.4 is 4.72 Å². The second-order valence-corrected chi connectivity index (χ2v) is 8.86. The highest BCUT2D eigenvalue weighted by Crippen LogP contribution is 2.27. The van der Waals surface area contributed by atoms with Crippen molar-refractivity contribution in [3.8, 4) is 0 Å². The molecule has 9 heteroatoms. The van der Waals surface area contributed by atoms with Crippen molar-refractivity contribution in [3.63, 3.8) is 0 Å². The van der Waals surface area contributed by atoms with Gasteiger partial charge in [0.2, 0.25) is 10.0 Å². The molecule has 112 valence electrons. The zero-order valence-corrected chi connectivity index (χ0v) is 12.2. The van der Waals surface area contributed by atoms with Crippen LogP contribution in [0.15, 0.2) is 23.1 Å². The molecule has 1 aliphatic rings. The molecule has 1 atom stereocenters. The van der Waals surface area contributed by atoms with Crippen molar-refractivity contribution in [2.75, 3.05) is 11.5 Å². The van der Waals surface area contributed by atoms with E-state index in [1.165, 1.54) is 6.92 Å². The number of sulfonamides is 1. The molecule has 0 spiro atoms. The molecular weight excluding hydrogens is 312 g/mol. The Kier molecular flexibility index (Phi) is 3.64. The van der Waals surface area contributed by atoms with Gasteiger partial charge in [0.25, 0.3) is 0 Å². The first-order valence-electron chi connectivity index (χ1n) is 5.73. The van der Waals surface area contributed by atoms with Crippen molar-refractivity contribution in [3.05, 3.63) is 29.8 Å². The van der Waals surface area contributed by atoms with Gasteiger partial charge in [-0.1, -0.05) is 6.07 Å². The fourth-order valence-electron chi connectivity index (χ4n) is 2.21. The Labute approximate surface area is 116 Å². The standard InChI is InChI=1S/C11H13F2NO4S2/c1-11(5-6-19(15,16)7-11)14-20(17,18)10-8(12)3-2-4-9(10)13/h2-4,14H,5-7H2,1H3/t11-/m0/s1. The van der Waals surface area contributed by atoms with Gasteiger partial charge in [-0.05, 0) is 25.5 Å². The van der Waals surface area contributed by atoms with E-state index in [1.807, 2.05) is 0 Å². The van der Waals surface area contributed by atoms with Gasteiger partial charge in [-0.2, -0.15) is 0 Å². The first-order valence-corrected chi connectivity index (χ1v) is 9.04. The molecule has 20 heavy (non-hydrogen) atoms. The maximum absolute atomic E-state index is 13.5. The highest BCUT2D eigenvalue weighted by atomic mass is 32.2. The molecule has 1 aromatic rings. The van der Waals surface area contributed by atoms with E-state index in [-0.39, 0.29) is 12.2 Å². The number of sulfone groups is 1. The maximum atomic E-state index is 13.5. The molecule has 1 N–H and O–H groups in total. The monoisotopic (exact) mass is 325 g/mol. The lowest BCUT2D eigenvalue weighted by Crippen LogP contribution is -2.47. The number of hydrogen-bond donors (Lipinski definition) is 1. The summed E-state index contributed by atoms with van der Waals surface area (Å²) < 4.78 is 76.1. The Morgan fingerprint density at radius 1 is 1.25 bits per heavy atom. The molecule has 1 aliphatic heterocycles. The van der Waals surface area contributed by atoms with Gasteiger partial charge < -0.3 is 0 Å². The van der Waals surface area contributed by atoms with Crippen LogP contribution in [0.2, 0.25) is 0 Å². The van der Waals surface area contributed by atoms with E-state index in [1.54, 1.807) is 0 Å². The summed E-state index contributed by atoms with van der Waals surface area (Å²) in [6.45, 7) is 1.40. The van der Waals surface area contributed by atoms with Crippen LogP contribution in [0.4, 0.5) is 8.78 Å². The first kappa shape index (κ1) is 15.3. The molecule has 1 aromatic carbocycles. The molecule has 1 saturated heterocycles. The third-order valence-corrected chi connectivity index (χ3v) is 6.66. The average molecular weight is 325 g/mol. The lowest BCUT2D eigenvalue weighted by Gasteiger charge is -2.23. The Morgan fingerprint density at radius 3 is 2.25 bits per heavy atom. The van der Waals surface area contributed by atoms with Crippen LogP contribution in [0.1, 0.15) is 13.3 Å². The fraction of sp³-hybridized carbons (Fsp3) is 0.455. The van der Waals surface area contributed by atoms with Crippen molar-refractivity contribution in [2.45, 2.75) is 23.8 Å². The van der Waals surface area contributed by atoms with Gasteiger partial charge in [0.1, 0.15) is 11.6 Å². The number of halogens is 2. The zero-order chi connectivity index (χ0) is 15.2. The summed E-state index contributed by atoms with van der Waals surface area (Å²) in [5.74, 6) is -3.00. The van der Waals surface area contributed by atoms with Gasteiger partial charge in [0, 0.05) is 5.54 Å². The summed E-state index contributed by atoms with van der Waals surface area (Å²) in [4.78, 5) is -1.09. The Morgan fingerprint density at radius 2 is 1.80 bits per heavy atom. The van der Waals surface area contributed by atoms with Crippen molar-refractivity contribution >= 4 is 19.9 Å². The van der Waals surface area contributed by atoms with E-state index in [9.17, 15) is 25.6 Å². The van der Waals surface area contributed by atoms with E-state index in [4.69, 9.17) is 0 Å². The maximum Gasteiger partial charge on any atom is 0.246 e. The van der Waals surface area contributed by atoms with Gasteiger partial charge in [-0.3, -0.25) is 0 Å². The van der Waals surface area contributed by atoms with Gasteiger partial charge in [0.15, 0.2) is 14.7 Å². The predicted octanol–water partition coefficient (Wildman–Crippen LogP) is 0.820. The third-order valence-electron chi connectivity index (χ3n) is 3.07. The lowest BCUT2D eigenvalue weighted by molar-refractivity contribution is 0.452. The summed E-state index contributed by atoms with van der Waals surface area (Å²) in [5, 5.41) is 0. The number of benzene rings is 1. The topological polar surface area (TPSA) is 80.3 Å². The predicted molar refractivity (Wildman–Crippen MR) is 68.4 cm³/mol. The molecule has 2 rings (SSSR count). The van der Waals surface area contributed by atoms with Crippen molar-refractivity contribution in [2.24, 2.45) is 0 Å². The van der Waals surface area contributed by atoms with Crippen molar-refractivity contribution in [1.29, 1.82) is 0 Å². The third kappa shape index (κ3) is 2.99. The molecular formula is C11H13F2NO4S2. The Balaban J connectivity index is 2.38. The minimum absolute atomic E-state index is 0.0602. The Bertz CT molecular complexity index is 725. The minimum Gasteiger partial charge on any atom is -0.229 e. The second-order valence-electron chi connectivity index (χ2n) is 5.06. The van der Waals surface area contributed by atoms with Crippen molar-refractivity contribution in [1.82, 2.24) is 4.72 Å². The number of nitrogens with one attached hydrogen (secondary N) is 1. The molecule has 1 fully saturated rings.